The number of carbonyl (C=O) groups excluding carboxylic acids is 1. The summed E-state index contributed by atoms with van der Waals surface area (Å²) >= 11 is 1.70. The number of amides is 1. The van der Waals surface area contributed by atoms with E-state index in [4.69, 9.17) is 0 Å². The molecule has 2 unspecified atom stereocenters. The van der Waals surface area contributed by atoms with Gasteiger partial charge in [-0.3, -0.25) is 4.79 Å². The van der Waals surface area contributed by atoms with Crippen LogP contribution in [0.5, 0.6) is 0 Å². The van der Waals surface area contributed by atoms with Gasteiger partial charge in [0.1, 0.15) is 0 Å². The van der Waals surface area contributed by atoms with E-state index < -0.39 is 0 Å². The van der Waals surface area contributed by atoms with Crippen LogP contribution in [0, 0.1) is 11.8 Å². The Bertz CT molecular complexity index is 337. The highest BCUT2D eigenvalue weighted by Gasteiger charge is 2.28. The molecule has 4 heteroatoms. The normalized spacial score (nSPS) is 24.6. The molecule has 2 heterocycles. The first-order chi connectivity index (χ1) is 7.77. The van der Waals surface area contributed by atoms with E-state index >= 15 is 0 Å². The molecule has 2 atom stereocenters. The fourth-order valence-electron chi connectivity index (χ4n) is 2.06. The van der Waals surface area contributed by atoms with Gasteiger partial charge in [-0.05, 0) is 41.3 Å². The molecule has 1 fully saturated rings. The molecule has 1 saturated heterocycles. The summed E-state index contributed by atoms with van der Waals surface area (Å²) in [5.74, 6) is 0.816. The van der Waals surface area contributed by atoms with E-state index in [2.05, 4.69) is 34.4 Å². The summed E-state index contributed by atoms with van der Waals surface area (Å²) in [4.78, 5) is 11.8. The zero-order chi connectivity index (χ0) is 11.4. The van der Waals surface area contributed by atoms with Crippen LogP contribution in [0.3, 0.4) is 0 Å². The molecule has 0 spiro atoms. The summed E-state index contributed by atoms with van der Waals surface area (Å²) in [6, 6.07) is 2.11. The maximum Gasteiger partial charge on any atom is 0.224 e. The minimum atomic E-state index is 0.155. The quantitative estimate of drug-likeness (QED) is 0.829. The molecule has 0 radical (unpaired) electrons. The van der Waals surface area contributed by atoms with Gasteiger partial charge in [0, 0.05) is 13.1 Å². The lowest BCUT2D eigenvalue weighted by Gasteiger charge is -2.13. The van der Waals surface area contributed by atoms with Crippen molar-refractivity contribution in [3.63, 3.8) is 0 Å². The molecule has 0 aromatic carbocycles. The van der Waals surface area contributed by atoms with Crippen LogP contribution in [-0.2, 0) is 11.2 Å². The second kappa shape index (κ2) is 5.46. The molecule has 0 bridgehead atoms. The Morgan fingerprint density at radius 1 is 1.62 bits per heavy atom. The molecule has 1 aromatic rings. The van der Waals surface area contributed by atoms with Crippen molar-refractivity contribution in [3.05, 3.63) is 22.4 Å². The van der Waals surface area contributed by atoms with Gasteiger partial charge in [0.15, 0.2) is 0 Å². The van der Waals surface area contributed by atoms with E-state index in [1.807, 2.05) is 0 Å². The molecule has 2 N–H and O–H groups in total. The van der Waals surface area contributed by atoms with Crippen molar-refractivity contribution >= 4 is 17.2 Å². The SMILES string of the molecule is CC1CNCC1C(=O)NCCc1ccsc1. The third kappa shape index (κ3) is 2.83. The molecular formula is C12H18N2OS. The van der Waals surface area contributed by atoms with Crippen molar-refractivity contribution in [2.24, 2.45) is 11.8 Å². The Morgan fingerprint density at radius 2 is 2.50 bits per heavy atom. The third-order valence-corrected chi connectivity index (χ3v) is 3.88. The third-order valence-electron chi connectivity index (χ3n) is 3.15. The maximum atomic E-state index is 11.8. The van der Waals surface area contributed by atoms with E-state index in [9.17, 15) is 4.79 Å². The van der Waals surface area contributed by atoms with Crippen LogP contribution in [0.2, 0.25) is 0 Å². The summed E-state index contributed by atoms with van der Waals surface area (Å²) in [6.07, 6.45) is 0.934. The lowest BCUT2D eigenvalue weighted by atomic mass is 9.97. The highest BCUT2D eigenvalue weighted by atomic mass is 32.1. The molecule has 1 aromatic heterocycles. The van der Waals surface area contributed by atoms with Crippen molar-refractivity contribution < 1.29 is 4.79 Å². The van der Waals surface area contributed by atoms with Gasteiger partial charge in [-0.1, -0.05) is 6.92 Å². The summed E-state index contributed by atoms with van der Waals surface area (Å²) in [5.41, 5.74) is 1.31. The molecule has 0 saturated carbocycles. The predicted octanol–water partition coefficient (Wildman–Crippen LogP) is 1.26. The van der Waals surface area contributed by atoms with Crippen molar-refractivity contribution in [2.45, 2.75) is 13.3 Å². The minimum absolute atomic E-state index is 0.155. The van der Waals surface area contributed by atoms with Crippen LogP contribution in [0.1, 0.15) is 12.5 Å². The Kier molecular flexibility index (Phi) is 3.96. The predicted molar refractivity (Wildman–Crippen MR) is 66.6 cm³/mol. The van der Waals surface area contributed by atoms with Crippen LogP contribution < -0.4 is 10.6 Å². The average molecular weight is 238 g/mol. The van der Waals surface area contributed by atoms with Crippen LogP contribution in [0.4, 0.5) is 0 Å². The smallest absolute Gasteiger partial charge is 0.224 e. The molecule has 1 aliphatic heterocycles. The van der Waals surface area contributed by atoms with Crippen LogP contribution in [0.25, 0.3) is 0 Å². The van der Waals surface area contributed by atoms with E-state index in [1.54, 1.807) is 11.3 Å². The molecule has 0 aliphatic carbocycles. The van der Waals surface area contributed by atoms with Gasteiger partial charge in [-0.25, -0.2) is 0 Å². The van der Waals surface area contributed by atoms with Crippen LogP contribution >= 0.6 is 11.3 Å². The van der Waals surface area contributed by atoms with Crippen molar-refractivity contribution in [2.75, 3.05) is 19.6 Å². The van der Waals surface area contributed by atoms with Gasteiger partial charge in [0.05, 0.1) is 5.92 Å². The highest BCUT2D eigenvalue weighted by Crippen LogP contribution is 2.15. The Morgan fingerprint density at radius 3 is 3.12 bits per heavy atom. The van der Waals surface area contributed by atoms with Gasteiger partial charge in [-0.15, -0.1) is 0 Å². The van der Waals surface area contributed by atoms with Crippen molar-refractivity contribution in [3.8, 4) is 0 Å². The van der Waals surface area contributed by atoms with Gasteiger partial charge < -0.3 is 10.6 Å². The molecule has 2 rings (SSSR count). The first-order valence-electron chi connectivity index (χ1n) is 5.77. The molecule has 1 amide bonds. The molecule has 3 nitrogen and oxygen atoms in total. The summed E-state index contributed by atoms with van der Waals surface area (Å²) in [5, 5.41) is 10.5. The summed E-state index contributed by atoms with van der Waals surface area (Å²) in [6.45, 7) is 4.66. The Hall–Kier alpha value is -0.870. The fraction of sp³-hybridized carbons (Fsp3) is 0.583. The number of hydrogen-bond acceptors (Lipinski definition) is 3. The summed E-state index contributed by atoms with van der Waals surface area (Å²) in [7, 11) is 0. The maximum absolute atomic E-state index is 11.8. The van der Waals surface area contributed by atoms with Crippen molar-refractivity contribution in [1.82, 2.24) is 10.6 Å². The first-order valence-corrected chi connectivity index (χ1v) is 6.71. The highest BCUT2D eigenvalue weighted by molar-refractivity contribution is 7.07. The standard InChI is InChI=1S/C12H18N2OS/c1-9-6-13-7-11(9)12(15)14-4-2-10-3-5-16-8-10/h3,5,8-9,11,13H,2,4,6-7H2,1H3,(H,14,15). The van der Waals surface area contributed by atoms with Gasteiger partial charge in [-0.2, -0.15) is 11.3 Å². The first kappa shape index (κ1) is 11.6. The Balaban J connectivity index is 1.71. The van der Waals surface area contributed by atoms with Gasteiger partial charge in [0.2, 0.25) is 5.91 Å². The average Bonchev–Trinajstić information content (AvgIpc) is 2.88. The number of thiophene rings is 1. The van der Waals surface area contributed by atoms with Crippen LogP contribution in [0.15, 0.2) is 16.8 Å². The van der Waals surface area contributed by atoms with E-state index in [0.717, 1.165) is 26.1 Å². The molecular weight excluding hydrogens is 220 g/mol. The molecule has 1 aliphatic rings. The van der Waals surface area contributed by atoms with Crippen LogP contribution in [-0.4, -0.2) is 25.5 Å². The van der Waals surface area contributed by atoms with Crippen molar-refractivity contribution in [1.29, 1.82) is 0 Å². The second-order valence-corrected chi connectivity index (χ2v) is 5.19. The number of hydrogen-bond donors (Lipinski definition) is 2. The molecule has 16 heavy (non-hydrogen) atoms. The number of carbonyl (C=O) groups is 1. The lowest BCUT2D eigenvalue weighted by molar-refractivity contribution is -0.125. The summed E-state index contributed by atoms with van der Waals surface area (Å²) < 4.78 is 0. The van der Waals surface area contributed by atoms with Gasteiger partial charge in [0.25, 0.3) is 0 Å². The van der Waals surface area contributed by atoms with E-state index in [1.165, 1.54) is 5.56 Å². The minimum Gasteiger partial charge on any atom is -0.355 e. The lowest BCUT2D eigenvalue weighted by Crippen LogP contribution is -2.35. The number of nitrogens with one attached hydrogen (secondary N) is 2. The topological polar surface area (TPSA) is 41.1 Å². The monoisotopic (exact) mass is 238 g/mol. The zero-order valence-electron chi connectivity index (χ0n) is 9.53. The van der Waals surface area contributed by atoms with E-state index in [-0.39, 0.29) is 11.8 Å². The second-order valence-electron chi connectivity index (χ2n) is 4.41. The molecule has 88 valence electrons. The van der Waals surface area contributed by atoms with E-state index in [0.29, 0.717) is 5.92 Å². The Labute approximate surface area is 100 Å². The zero-order valence-corrected chi connectivity index (χ0v) is 10.3. The van der Waals surface area contributed by atoms with Gasteiger partial charge >= 0.3 is 0 Å². The fourth-order valence-corrected chi connectivity index (χ4v) is 2.76. The number of rotatable bonds is 4. The largest absolute Gasteiger partial charge is 0.355 e.